The fourth-order valence-electron chi connectivity index (χ4n) is 1.18. The molecule has 4 heteroatoms. The highest BCUT2D eigenvalue weighted by Crippen LogP contribution is 2.13. The number of benzene rings is 1. The first-order valence-electron chi connectivity index (χ1n) is 4.32. The summed E-state index contributed by atoms with van der Waals surface area (Å²) in [7, 11) is 1.79. The van der Waals surface area contributed by atoms with Crippen molar-refractivity contribution in [1.29, 1.82) is 0 Å². The summed E-state index contributed by atoms with van der Waals surface area (Å²) in [6.45, 7) is 0.221. The lowest BCUT2D eigenvalue weighted by atomic mass is 10.2. The van der Waals surface area contributed by atoms with Gasteiger partial charge < -0.3 is 15.7 Å². The highest BCUT2D eigenvalue weighted by atomic mass is 16.3. The van der Waals surface area contributed by atoms with Gasteiger partial charge in [0.1, 0.15) is 0 Å². The first-order valence-corrected chi connectivity index (χ1v) is 4.32. The van der Waals surface area contributed by atoms with E-state index in [1.807, 2.05) is 24.3 Å². The van der Waals surface area contributed by atoms with Gasteiger partial charge in [0, 0.05) is 12.7 Å². The van der Waals surface area contributed by atoms with Crippen LogP contribution in [-0.4, -0.2) is 24.6 Å². The van der Waals surface area contributed by atoms with Gasteiger partial charge in [0.25, 0.3) is 0 Å². The molecule has 0 fully saturated rings. The predicted molar refractivity (Wildman–Crippen MR) is 54.8 cm³/mol. The number of likely N-dealkylation sites (N-methyl/N-ethyl adjacent to an activating group) is 1. The van der Waals surface area contributed by atoms with Gasteiger partial charge in [-0.05, 0) is 17.7 Å². The average molecular weight is 194 g/mol. The normalized spacial score (nSPS) is 9.86. The molecule has 0 heterocycles. The van der Waals surface area contributed by atoms with Gasteiger partial charge in [-0.3, -0.25) is 4.79 Å². The lowest BCUT2D eigenvalue weighted by Crippen LogP contribution is -2.30. The zero-order valence-electron chi connectivity index (χ0n) is 8.10. The summed E-state index contributed by atoms with van der Waals surface area (Å²) >= 11 is 0. The zero-order chi connectivity index (χ0) is 10.6. The second kappa shape index (κ2) is 4.62. The molecule has 0 atom stereocenters. The van der Waals surface area contributed by atoms with Crippen LogP contribution in [0.1, 0.15) is 5.56 Å². The van der Waals surface area contributed by atoms with Gasteiger partial charge >= 0.3 is 0 Å². The van der Waals surface area contributed by atoms with Crippen LogP contribution in [-0.2, 0) is 11.4 Å². The van der Waals surface area contributed by atoms with Crippen LogP contribution in [0.2, 0.25) is 0 Å². The summed E-state index contributed by atoms with van der Waals surface area (Å²) in [5.74, 6) is -0.362. The van der Waals surface area contributed by atoms with Gasteiger partial charge in [-0.2, -0.15) is 0 Å². The second-order valence-electron chi connectivity index (χ2n) is 3.15. The summed E-state index contributed by atoms with van der Waals surface area (Å²) in [6.07, 6.45) is 0. The first kappa shape index (κ1) is 10.5. The summed E-state index contributed by atoms with van der Waals surface area (Å²) in [6, 6.07) is 7.31. The largest absolute Gasteiger partial charge is 0.392 e. The molecule has 0 radical (unpaired) electrons. The SMILES string of the molecule is CN(CC(N)=O)c1ccc(CO)cc1. The molecule has 0 aromatic heterocycles. The van der Waals surface area contributed by atoms with Crippen molar-refractivity contribution in [2.75, 3.05) is 18.5 Å². The number of nitrogens with two attached hydrogens (primary N) is 1. The number of amides is 1. The summed E-state index contributed by atoms with van der Waals surface area (Å²) in [5.41, 5.74) is 6.82. The van der Waals surface area contributed by atoms with Gasteiger partial charge in [-0.1, -0.05) is 12.1 Å². The molecule has 0 bridgehead atoms. The van der Waals surface area contributed by atoms with Crippen molar-refractivity contribution in [3.8, 4) is 0 Å². The van der Waals surface area contributed by atoms with Crippen molar-refractivity contribution in [3.63, 3.8) is 0 Å². The Bertz CT molecular complexity index is 308. The summed E-state index contributed by atoms with van der Waals surface area (Å²) < 4.78 is 0. The lowest BCUT2D eigenvalue weighted by Gasteiger charge is -2.17. The van der Waals surface area contributed by atoms with E-state index in [2.05, 4.69) is 0 Å². The number of carbonyl (C=O) groups is 1. The maximum absolute atomic E-state index is 10.6. The Labute approximate surface area is 82.9 Å². The van der Waals surface area contributed by atoms with Crippen LogP contribution in [0.4, 0.5) is 5.69 Å². The molecule has 0 aliphatic rings. The molecule has 14 heavy (non-hydrogen) atoms. The molecular weight excluding hydrogens is 180 g/mol. The van der Waals surface area contributed by atoms with E-state index < -0.39 is 0 Å². The minimum atomic E-state index is -0.362. The van der Waals surface area contributed by atoms with E-state index in [1.54, 1.807) is 11.9 Å². The van der Waals surface area contributed by atoms with E-state index in [-0.39, 0.29) is 19.1 Å². The topological polar surface area (TPSA) is 66.6 Å². The van der Waals surface area contributed by atoms with Crippen LogP contribution in [0, 0.1) is 0 Å². The molecule has 4 nitrogen and oxygen atoms in total. The fraction of sp³-hybridized carbons (Fsp3) is 0.300. The van der Waals surface area contributed by atoms with E-state index in [9.17, 15) is 4.79 Å². The number of carbonyl (C=O) groups excluding carboxylic acids is 1. The van der Waals surface area contributed by atoms with Crippen LogP contribution in [0.15, 0.2) is 24.3 Å². The monoisotopic (exact) mass is 194 g/mol. The summed E-state index contributed by atoms with van der Waals surface area (Å²) in [4.78, 5) is 12.4. The number of aliphatic hydroxyl groups is 1. The van der Waals surface area contributed by atoms with Crippen molar-refractivity contribution in [2.24, 2.45) is 5.73 Å². The van der Waals surface area contributed by atoms with Gasteiger partial charge in [0.15, 0.2) is 0 Å². The van der Waals surface area contributed by atoms with Crippen LogP contribution >= 0.6 is 0 Å². The van der Waals surface area contributed by atoms with E-state index >= 15 is 0 Å². The van der Waals surface area contributed by atoms with Crippen LogP contribution in [0.3, 0.4) is 0 Å². The Morgan fingerprint density at radius 1 is 1.43 bits per heavy atom. The van der Waals surface area contributed by atoms with E-state index in [0.29, 0.717) is 0 Å². The lowest BCUT2D eigenvalue weighted by molar-refractivity contribution is -0.116. The molecule has 3 N–H and O–H groups in total. The average Bonchev–Trinajstić information content (AvgIpc) is 2.17. The molecule has 0 unspecified atom stereocenters. The molecule has 1 rings (SSSR count). The first-order chi connectivity index (χ1) is 6.63. The van der Waals surface area contributed by atoms with Crippen molar-refractivity contribution < 1.29 is 9.90 Å². The third-order valence-electron chi connectivity index (χ3n) is 1.95. The quantitative estimate of drug-likeness (QED) is 0.714. The third kappa shape index (κ3) is 2.74. The highest BCUT2D eigenvalue weighted by Gasteiger charge is 2.03. The maximum atomic E-state index is 10.6. The second-order valence-corrected chi connectivity index (χ2v) is 3.15. The highest BCUT2D eigenvalue weighted by molar-refractivity contribution is 5.79. The van der Waals surface area contributed by atoms with Crippen LogP contribution in [0.25, 0.3) is 0 Å². The van der Waals surface area contributed by atoms with Crippen LogP contribution < -0.4 is 10.6 Å². The molecule has 1 amide bonds. The van der Waals surface area contributed by atoms with Gasteiger partial charge in [-0.25, -0.2) is 0 Å². The van der Waals surface area contributed by atoms with Crippen molar-refractivity contribution >= 4 is 11.6 Å². The van der Waals surface area contributed by atoms with E-state index in [1.165, 1.54) is 0 Å². The molecule has 0 aliphatic heterocycles. The zero-order valence-corrected chi connectivity index (χ0v) is 8.10. The minimum absolute atomic E-state index is 0.0276. The standard InChI is InChI=1S/C10H14N2O2/c1-12(6-10(11)14)9-4-2-8(7-13)3-5-9/h2-5,13H,6-7H2,1H3,(H2,11,14). The number of hydrogen-bond donors (Lipinski definition) is 2. The molecule has 0 spiro atoms. The Hall–Kier alpha value is -1.55. The molecule has 76 valence electrons. The molecule has 0 saturated heterocycles. The van der Waals surface area contributed by atoms with Gasteiger partial charge in [0.05, 0.1) is 13.2 Å². The van der Waals surface area contributed by atoms with Crippen molar-refractivity contribution in [2.45, 2.75) is 6.61 Å². The Balaban J connectivity index is 2.71. The molecule has 0 saturated carbocycles. The van der Waals surface area contributed by atoms with E-state index in [0.717, 1.165) is 11.3 Å². The number of aliphatic hydroxyl groups excluding tert-OH is 1. The smallest absolute Gasteiger partial charge is 0.236 e. The molecule has 0 aliphatic carbocycles. The Morgan fingerprint density at radius 3 is 2.43 bits per heavy atom. The predicted octanol–water partition coefficient (Wildman–Crippen LogP) is 0.100. The molecular formula is C10H14N2O2. The number of hydrogen-bond acceptors (Lipinski definition) is 3. The Morgan fingerprint density at radius 2 is 2.00 bits per heavy atom. The van der Waals surface area contributed by atoms with Crippen LogP contribution in [0.5, 0.6) is 0 Å². The number of primary amides is 1. The van der Waals surface area contributed by atoms with E-state index in [4.69, 9.17) is 10.8 Å². The van der Waals surface area contributed by atoms with Gasteiger partial charge in [0.2, 0.25) is 5.91 Å². The molecule has 1 aromatic carbocycles. The maximum Gasteiger partial charge on any atom is 0.236 e. The minimum Gasteiger partial charge on any atom is -0.392 e. The number of rotatable bonds is 4. The van der Waals surface area contributed by atoms with Crippen molar-refractivity contribution in [1.82, 2.24) is 0 Å². The molecule has 1 aromatic rings. The summed E-state index contributed by atoms with van der Waals surface area (Å²) in [5, 5.41) is 8.82. The third-order valence-corrected chi connectivity index (χ3v) is 1.95. The van der Waals surface area contributed by atoms with Gasteiger partial charge in [-0.15, -0.1) is 0 Å². The number of anilines is 1. The fourth-order valence-corrected chi connectivity index (χ4v) is 1.18. The Kier molecular flexibility index (Phi) is 3.48. The number of nitrogens with zero attached hydrogens (tertiary/aromatic N) is 1. The van der Waals surface area contributed by atoms with Crippen molar-refractivity contribution in [3.05, 3.63) is 29.8 Å².